The zero-order chi connectivity index (χ0) is 45.0. The minimum absolute atomic E-state index is 0.0149. The molecule has 2 aromatic rings. The minimum atomic E-state index is -1.18. The third-order valence-electron chi connectivity index (χ3n) is 9.18. The molecule has 3 atom stereocenters. The van der Waals surface area contributed by atoms with Gasteiger partial charge in [-0.05, 0) is 87.8 Å². The fourth-order valence-electron chi connectivity index (χ4n) is 5.78. The van der Waals surface area contributed by atoms with Crippen LogP contribution in [0.4, 0.5) is 0 Å². The molecule has 0 amide bonds. The van der Waals surface area contributed by atoms with Crippen molar-refractivity contribution in [3.05, 3.63) is 97.6 Å². The number of carbonyl (C=O) groups is 5. The lowest BCUT2D eigenvalue weighted by molar-refractivity contribution is -0.154. The Morgan fingerprint density at radius 3 is 1.60 bits per heavy atom. The molecule has 3 rings (SSSR count). The molecule has 1 saturated carbocycles. The van der Waals surface area contributed by atoms with E-state index in [2.05, 4.69) is 19.7 Å². The van der Waals surface area contributed by atoms with Gasteiger partial charge in [0.15, 0.2) is 18.5 Å². The van der Waals surface area contributed by atoms with Crippen LogP contribution in [0.15, 0.2) is 86.5 Å². The lowest BCUT2D eigenvalue weighted by atomic mass is 9.94. The predicted octanol–water partition coefficient (Wildman–Crippen LogP) is 6.09. The normalized spacial score (nSPS) is 16.0. The summed E-state index contributed by atoms with van der Waals surface area (Å²) in [6.07, 6.45) is 5.17. The van der Waals surface area contributed by atoms with Crippen molar-refractivity contribution in [1.82, 2.24) is 0 Å². The number of carbonyl (C=O) groups excluding carboxylic acids is 5. The Morgan fingerprint density at radius 2 is 1.10 bits per heavy atom. The first kappa shape index (κ1) is 50.8. The molecule has 0 aromatic heterocycles. The second-order valence-corrected chi connectivity index (χ2v) is 14.0. The highest BCUT2D eigenvalue weighted by Gasteiger charge is 2.27. The maximum absolute atomic E-state index is 12.9. The lowest BCUT2D eigenvalue weighted by Crippen LogP contribution is -2.30. The van der Waals surface area contributed by atoms with Gasteiger partial charge in [0.05, 0.1) is 38.1 Å². The second-order valence-electron chi connectivity index (χ2n) is 14.0. The van der Waals surface area contributed by atoms with Crippen LogP contribution in [0.25, 0.3) is 0 Å². The molecule has 0 radical (unpaired) electrons. The van der Waals surface area contributed by atoms with Crippen LogP contribution in [-0.2, 0) is 57.1 Å². The molecule has 1 fully saturated rings. The van der Waals surface area contributed by atoms with Gasteiger partial charge in [-0.25, -0.2) is 19.2 Å². The van der Waals surface area contributed by atoms with Crippen LogP contribution < -0.4 is 9.47 Å². The van der Waals surface area contributed by atoms with E-state index in [1.165, 1.54) is 0 Å². The fourth-order valence-corrected chi connectivity index (χ4v) is 5.78. The standard InChI is InChI=1S/C46H60O16/c1-5-41(47)55-27-11-9-25-53-29-39(59-43(49)7-3)31-57-35-17-13-33(14-18-35)45(51)61-37-21-23-38(24-22-37)62-46(52)34-15-19-36(20-16-34)58-32-40(60-44(50)8-4)30-54-26-10-12-28-56-42(48)6-2/h5-7,13-20,37-40,45,51H,1-3,8-12,21-32H2,4H3/t37?,38?,39?,40?,45-/m1/s1. The Morgan fingerprint density at radius 1 is 0.629 bits per heavy atom. The summed E-state index contributed by atoms with van der Waals surface area (Å²) in [5, 5.41) is 10.8. The maximum atomic E-state index is 12.9. The molecule has 0 spiro atoms. The Bertz CT molecular complexity index is 1680. The van der Waals surface area contributed by atoms with E-state index in [1.54, 1.807) is 55.5 Å². The molecule has 0 aliphatic heterocycles. The van der Waals surface area contributed by atoms with Crippen molar-refractivity contribution < 1.29 is 76.4 Å². The van der Waals surface area contributed by atoms with Crippen molar-refractivity contribution in [2.45, 2.75) is 95.4 Å². The molecule has 1 aliphatic carbocycles. The van der Waals surface area contributed by atoms with Crippen LogP contribution in [0.2, 0.25) is 0 Å². The predicted molar refractivity (Wildman–Crippen MR) is 224 cm³/mol. The third kappa shape index (κ3) is 20.8. The number of rotatable bonds is 31. The van der Waals surface area contributed by atoms with Crippen LogP contribution in [0.5, 0.6) is 11.5 Å². The van der Waals surface area contributed by atoms with Crippen LogP contribution in [-0.4, -0.2) is 112 Å². The van der Waals surface area contributed by atoms with Gasteiger partial charge in [0, 0.05) is 43.4 Å². The fraction of sp³-hybridized carbons (Fsp3) is 0.500. The zero-order valence-electron chi connectivity index (χ0n) is 35.5. The second kappa shape index (κ2) is 29.7. The summed E-state index contributed by atoms with van der Waals surface area (Å²) in [7, 11) is 0. The van der Waals surface area contributed by atoms with Crippen LogP contribution in [0.3, 0.4) is 0 Å². The van der Waals surface area contributed by atoms with E-state index in [9.17, 15) is 29.1 Å². The number of hydrogen-bond acceptors (Lipinski definition) is 16. The molecular formula is C46H60O16. The van der Waals surface area contributed by atoms with Crippen LogP contribution in [0.1, 0.15) is 86.9 Å². The SMILES string of the molecule is C=CC(=O)OCCCCOCC(COc1ccc([C@H](O)OC2CCC(OC(=O)c3ccc(OCC(COCCCCOC(=O)C=C)OC(=O)CC)cc3)CC2)cc1)OC(=O)C=C. The molecule has 2 unspecified atom stereocenters. The number of hydrogen-bond donors (Lipinski definition) is 1. The Kier molecular flexibility index (Phi) is 24.3. The van der Waals surface area contributed by atoms with Gasteiger partial charge in [-0.3, -0.25) is 4.79 Å². The highest BCUT2D eigenvalue weighted by atomic mass is 16.6. The molecule has 1 aliphatic rings. The van der Waals surface area contributed by atoms with Crippen molar-refractivity contribution in [2.75, 3.05) is 52.9 Å². The lowest BCUT2D eigenvalue weighted by Gasteiger charge is -2.30. The number of unbranched alkanes of at least 4 members (excludes halogenated alkanes) is 2. The van der Waals surface area contributed by atoms with Gasteiger partial charge in [0.2, 0.25) is 0 Å². The van der Waals surface area contributed by atoms with E-state index in [0.717, 1.165) is 18.2 Å². The first-order valence-electron chi connectivity index (χ1n) is 20.8. The molecule has 62 heavy (non-hydrogen) atoms. The van der Waals surface area contributed by atoms with Crippen molar-refractivity contribution in [2.24, 2.45) is 0 Å². The van der Waals surface area contributed by atoms with Crippen molar-refractivity contribution in [3.63, 3.8) is 0 Å². The van der Waals surface area contributed by atoms with Crippen molar-refractivity contribution in [3.8, 4) is 11.5 Å². The number of aliphatic hydroxyl groups excluding tert-OH is 1. The highest BCUT2D eigenvalue weighted by Crippen LogP contribution is 2.29. The molecule has 1 N–H and O–H groups in total. The summed E-state index contributed by atoms with van der Waals surface area (Å²) in [5.41, 5.74) is 0.881. The Labute approximate surface area is 363 Å². The molecule has 340 valence electrons. The van der Waals surface area contributed by atoms with Crippen molar-refractivity contribution in [1.29, 1.82) is 0 Å². The molecule has 0 bridgehead atoms. The highest BCUT2D eigenvalue weighted by molar-refractivity contribution is 5.89. The summed E-state index contributed by atoms with van der Waals surface area (Å²) in [4.78, 5) is 59.0. The Hall–Kier alpha value is -5.55. The topological polar surface area (TPSA) is 198 Å². The van der Waals surface area contributed by atoms with Crippen molar-refractivity contribution >= 4 is 29.8 Å². The first-order valence-corrected chi connectivity index (χ1v) is 20.8. The zero-order valence-corrected chi connectivity index (χ0v) is 35.5. The molecule has 16 nitrogen and oxygen atoms in total. The first-order chi connectivity index (χ1) is 30.0. The van der Waals surface area contributed by atoms with Gasteiger partial charge in [-0.2, -0.15) is 0 Å². The molecule has 0 saturated heterocycles. The molecular weight excluding hydrogens is 808 g/mol. The smallest absolute Gasteiger partial charge is 0.338 e. The largest absolute Gasteiger partial charge is 0.490 e. The summed E-state index contributed by atoms with van der Waals surface area (Å²) in [6, 6.07) is 13.2. The summed E-state index contributed by atoms with van der Waals surface area (Å²) >= 11 is 0. The van der Waals surface area contributed by atoms with Gasteiger partial charge >= 0.3 is 29.8 Å². The molecule has 16 heteroatoms. The van der Waals surface area contributed by atoms with E-state index >= 15 is 0 Å². The van der Waals surface area contributed by atoms with Crippen LogP contribution >= 0.6 is 0 Å². The molecule has 2 aromatic carbocycles. The third-order valence-corrected chi connectivity index (χ3v) is 9.18. The number of esters is 5. The molecule has 0 heterocycles. The van der Waals surface area contributed by atoms with Gasteiger partial charge in [-0.1, -0.05) is 38.8 Å². The summed E-state index contributed by atoms with van der Waals surface area (Å²) < 4.78 is 55.3. The van der Waals surface area contributed by atoms with Crippen LogP contribution in [0, 0.1) is 0 Å². The number of aliphatic hydroxyl groups is 1. The Balaban J connectivity index is 1.36. The van der Waals surface area contributed by atoms with E-state index in [1.807, 2.05) is 0 Å². The monoisotopic (exact) mass is 868 g/mol. The van der Waals surface area contributed by atoms with E-state index in [4.69, 9.17) is 47.4 Å². The van der Waals surface area contributed by atoms with E-state index < -0.39 is 42.4 Å². The van der Waals surface area contributed by atoms with Gasteiger partial charge < -0.3 is 52.5 Å². The van der Waals surface area contributed by atoms with Gasteiger partial charge in [0.1, 0.15) is 30.8 Å². The maximum Gasteiger partial charge on any atom is 0.338 e. The quantitative estimate of drug-likeness (QED) is 0.0300. The minimum Gasteiger partial charge on any atom is -0.490 e. The van der Waals surface area contributed by atoms with E-state index in [-0.39, 0.29) is 64.2 Å². The van der Waals surface area contributed by atoms with Gasteiger partial charge in [-0.15, -0.1) is 0 Å². The number of benzene rings is 2. The number of ether oxygens (including phenoxy) is 10. The summed E-state index contributed by atoms with van der Waals surface area (Å²) in [5.74, 6) is -1.47. The van der Waals surface area contributed by atoms with E-state index in [0.29, 0.717) is 87.2 Å². The van der Waals surface area contributed by atoms with Gasteiger partial charge in [0.25, 0.3) is 0 Å². The average molecular weight is 869 g/mol. The summed E-state index contributed by atoms with van der Waals surface area (Å²) in [6.45, 7) is 13.3. The average Bonchev–Trinajstić information content (AvgIpc) is 3.29.